The molecule has 0 bridgehead atoms. The van der Waals surface area contributed by atoms with Crippen molar-refractivity contribution in [3.05, 3.63) is 48.0 Å². The SMILES string of the molecule is CC(C)NC(=O)CN1CCN(C(=O)c2ccc(Cn3cncn3)cc2)CC1. The van der Waals surface area contributed by atoms with Gasteiger partial charge < -0.3 is 10.2 Å². The maximum Gasteiger partial charge on any atom is 0.253 e. The number of amides is 2. The number of hydrogen-bond donors (Lipinski definition) is 1. The Hall–Kier alpha value is -2.74. The highest BCUT2D eigenvalue weighted by molar-refractivity contribution is 5.94. The number of rotatable bonds is 6. The van der Waals surface area contributed by atoms with Crippen LogP contribution in [0.3, 0.4) is 0 Å². The summed E-state index contributed by atoms with van der Waals surface area (Å²) in [5.74, 6) is 0.0707. The minimum absolute atomic E-state index is 0.0350. The summed E-state index contributed by atoms with van der Waals surface area (Å²) >= 11 is 0. The standard InChI is InChI=1S/C19H26N6O2/c1-15(2)22-18(26)12-23-7-9-24(10-8-23)19(27)17-5-3-16(4-6-17)11-25-14-20-13-21-25/h3-6,13-15H,7-12H2,1-2H3,(H,22,26). The summed E-state index contributed by atoms with van der Waals surface area (Å²) in [5, 5.41) is 6.98. The van der Waals surface area contributed by atoms with Gasteiger partial charge in [-0.05, 0) is 31.5 Å². The molecule has 1 fully saturated rings. The summed E-state index contributed by atoms with van der Waals surface area (Å²) < 4.78 is 1.74. The molecule has 8 nitrogen and oxygen atoms in total. The van der Waals surface area contributed by atoms with Crippen LogP contribution >= 0.6 is 0 Å². The molecule has 2 amide bonds. The molecule has 1 aliphatic rings. The molecular weight excluding hydrogens is 344 g/mol. The normalized spacial score (nSPS) is 15.1. The minimum atomic E-state index is 0.0350. The zero-order valence-corrected chi connectivity index (χ0v) is 15.8. The second-order valence-corrected chi connectivity index (χ2v) is 7.08. The van der Waals surface area contributed by atoms with E-state index in [-0.39, 0.29) is 17.9 Å². The third-order valence-electron chi connectivity index (χ3n) is 4.49. The van der Waals surface area contributed by atoms with E-state index in [4.69, 9.17) is 0 Å². The van der Waals surface area contributed by atoms with Crippen molar-refractivity contribution in [2.45, 2.75) is 26.4 Å². The average Bonchev–Trinajstić information content (AvgIpc) is 3.15. The van der Waals surface area contributed by atoms with E-state index >= 15 is 0 Å². The fourth-order valence-corrected chi connectivity index (χ4v) is 3.12. The average molecular weight is 370 g/mol. The Kier molecular flexibility index (Phi) is 6.18. The van der Waals surface area contributed by atoms with E-state index in [2.05, 4.69) is 20.3 Å². The summed E-state index contributed by atoms with van der Waals surface area (Å²) in [4.78, 5) is 32.4. The van der Waals surface area contributed by atoms with Crippen LogP contribution in [-0.4, -0.2) is 75.1 Å². The van der Waals surface area contributed by atoms with Crippen LogP contribution in [0.1, 0.15) is 29.8 Å². The predicted molar refractivity (Wildman–Crippen MR) is 101 cm³/mol. The Bertz CT molecular complexity index is 749. The fraction of sp³-hybridized carbons (Fsp3) is 0.474. The van der Waals surface area contributed by atoms with Gasteiger partial charge in [0.1, 0.15) is 12.7 Å². The molecule has 0 unspecified atom stereocenters. The van der Waals surface area contributed by atoms with Crippen molar-refractivity contribution in [3.8, 4) is 0 Å². The highest BCUT2D eigenvalue weighted by Crippen LogP contribution is 2.11. The molecule has 2 aromatic rings. The number of piperazine rings is 1. The van der Waals surface area contributed by atoms with Gasteiger partial charge in [-0.25, -0.2) is 9.67 Å². The first kappa shape index (κ1) is 19.0. The maximum absolute atomic E-state index is 12.7. The van der Waals surface area contributed by atoms with Gasteiger partial charge in [0.05, 0.1) is 13.1 Å². The highest BCUT2D eigenvalue weighted by Gasteiger charge is 2.23. The molecule has 0 spiro atoms. The molecule has 144 valence electrons. The Morgan fingerprint density at radius 1 is 1.11 bits per heavy atom. The second kappa shape index (κ2) is 8.77. The first-order valence-electron chi connectivity index (χ1n) is 9.23. The lowest BCUT2D eigenvalue weighted by Gasteiger charge is -2.34. The monoisotopic (exact) mass is 370 g/mol. The van der Waals surface area contributed by atoms with Crippen LogP contribution in [-0.2, 0) is 11.3 Å². The number of nitrogens with one attached hydrogen (secondary N) is 1. The summed E-state index contributed by atoms with van der Waals surface area (Å²) in [6.45, 7) is 7.60. The van der Waals surface area contributed by atoms with Gasteiger partial charge in [0.2, 0.25) is 5.91 Å². The molecule has 1 saturated heterocycles. The molecule has 0 aliphatic carbocycles. The van der Waals surface area contributed by atoms with Crippen molar-refractivity contribution in [2.24, 2.45) is 0 Å². The third-order valence-corrected chi connectivity index (χ3v) is 4.49. The van der Waals surface area contributed by atoms with Crippen molar-refractivity contribution in [1.82, 2.24) is 29.9 Å². The van der Waals surface area contributed by atoms with Crippen LogP contribution in [0.4, 0.5) is 0 Å². The number of carbonyl (C=O) groups excluding carboxylic acids is 2. The number of hydrogen-bond acceptors (Lipinski definition) is 5. The van der Waals surface area contributed by atoms with Crippen LogP contribution < -0.4 is 5.32 Å². The first-order chi connectivity index (χ1) is 13.0. The van der Waals surface area contributed by atoms with Crippen molar-refractivity contribution in [3.63, 3.8) is 0 Å². The Balaban J connectivity index is 1.49. The number of aromatic nitrogens is 3. The minimum Gasteiger partial charge on any atom is -0.353 e. The van der Waals surface area contributed by atoms with E-state index < -0.39 is 0 Å². The van der Waals surface area contributed by atoms with Crippen molar-refractivity contribution in [2.75, 3.05) is 32.7 Å². The molecular formula is C19H26N6O2. The zero-order chi connectivity index (χ0) is 19.2. The highest BCUT2D eigenvalue weighted by atomic mass is 16.2. The number of nitrogens with zero attached hydrogens (tertiary/aromatic N) is 5. The molecule has 27 heavy (non-hydrogen) atoms. The molecule has 0 radical (unpaired) electrons. The van der Waals surface area contributed by atoms with Crippen LogP contribution in [0.5, 0.6) is 0 Å². The largest absolute Gasteiger partial charge is 0.353 e. The lowest BCUT2D eigenvalue weighted by molar-refractivity contribution is -0.123. The number of carbonyl (C=O) groups is 2. The summed E-state index contributed by atoms with van der Waals surface area (Å²) in [7, 11) is 0. The smallest absolute Gasteiger partial charge is 0.253 e. The Labute approximate surface area is 159 Å². The van der Waals surface area contributed by atoms with Crippen molar-refractivity contribution < 1.29 is 9.59 Å². The van der Waals surface area contributed by atoms with E-state index in [0.717, 1.165) is 5.56 Å². The molecule has 1 N–H and O–H groups in total. The third kappa shape index (κ3) is 5.37. The molecule has 1 aromatic carbocycles. The number of benzene rings is 1. The molecule has 1 aromatic heterocycles. The van der Waals surface area contributed by atoms with E-state index in [1.54, 1.807) is 11.0 Å². The van der Waals surface area contributed by atoms with E-state index in [0.29, 0.717) is 44.8 Å². The van der Waals surface area contributed by atoms with Gasteiger partial charge in [-0.15, -0.1) is 0 Å². The fourth-order valence-electron chi connectivity index (χ4n) is 3.12. The molecule has 0 atom stereocenters. The van der Waals surface area contributed by atoms with Gasteiger partial charge in [0.15, 0.2) is 0 Å². The maximum atomic E-state index is 12.7. The Morgan fingerprint density at radius 2 is 1.81 bits per heavy atom. The summed E-state index contributed by atoms with van der Waals surface area (Å²) in [6.07, 6.45) is 3.17. The van der Waals surface area contributed by atoms with Gasteiger partial charge in [0, 0.05) is 37.8 Å². The van der Waals surface area contributed by atoms with Crippen LogP contribution in [0.25, 0.3) is 0 Å². The van der Waals surface area contributed by atoms with Gasteiger partial charge in [0.25, 0.3) is 5.91 Å². The second-order valence-electron chi connectivity index (χ2n) is 7.08. The van der Waals surface area contributed by atoms with Crippen LogP contribution in [0.15, 0.2) is 36.9 Å². The molecule has 1 aliphatic heterocycles. The molecule has 3 rings (SSSR count). The van der Waals surface area contributed by atoms with Gasteiger partial charge in [-0.1, -0.05) is 12.1 Å². The van der Waals surface area contributed by atoms with E-state index in [1.807, 2.05) is 43.0 Å². The summed E-state index contributed by atoms with van der Waals surface area (Å²) in [6, 6.07) is 7.75. The zero-order valence-electron chi connectivity index (χ0n) is 15.8. The van der Waals surface area contributed by atoms with Crippen molar-refractivity contribution in [1.29, 1.82) is 0 Å². The van der Waals surface area contributed by atoms with E-state index in [1.165, 1.54) is 6.33 Å². The van der Waals surface area contributed by atoms with Crippen LogP contribution in [0, 0.1) is 0 Å². The lowest BCUT2D eigenvalue weighted by Crippen LogP contribution is -2.51. The topological polar surface area (TPSA) is 83.4 Å². The lowest BCUT2D eigenvalue weighted by atomic mass is 10.1. The van der Waals surface area contributed by atoms with Gasteiger partial charge >= 0.3 is 0 Å². The van der Waals surface area contributed by atoms with E-state index in [9.17, 15) is 9.59 Å². The quantitative estimate of drug-likeness (QED) is 0.806. The summed E-state index contributed by atoms with van der Waals surface area (Å²) in [5.41, 5.74) is 1.75. The molecule has 8 heteroatoms. The predicted octanol–water partition coefficient (Wildman–Crippen LogP) is 0.609. The van der Waals surface area contributed by atoms with Gasteiger partial charge in [-0.2, -0.15) is 5.10 Å². The molecule has 0 saturated carbocycles. The molecule has 2 heterocycles. The van der Waals surface area contributed by atoms with Gasteiger partial charge in [-0.3, -0.25) is 14.5 Å². The Morgan fingerprint density at radius 3 is 2.41 bits per heavy atom. The van der Waals surface area contributed by atoms with Crippen molar-refractivity contribution >= 4 is 11.8 Å². The first-order valence-corrected chi connectivity index (χ1v) is 9.23. The van der Waals surface area contributed by atoms with Crippen LogP contribution in [0.2, 0.25) is 0 Å².